The number of aryl methyl sites for hydroxylation is 1. The molecule has 0 spiro atoms. The van der Waals surface area contributed by atoms with Gasteiger partial charge in [-0.15, -0.1) is 0 Å². The lowest BCUT2D eigenvalue weighted by Gasteiger charge is -2.13. The minimum atomic E-state index is -3.80. The van der Waals surface area contributed by atoms with Crippen LogP contribution in [0.5, 0.6) is 0 Å². The number of hydrogen-bond donors (Lipinski definition) is 2. The maximum absolute atomic E-state index is 12.1. The van der Waals surface area contributed by atoms with Crippen molar-refractivity contribution in [3.8, 4) is 0 Å². The molecule has 0 saturated heterocycles. The van der Waals surface area contributed by atoms with Gasteiger partial charge in [0.05, 0.1) is 12.5 Å². The maximum Gasteiger partial charge on any atom is 0.309 e. The third-order valence-electron chi connectivity index (χ3n) is 2.58. The van der Waals surface area contributed by atoms with Crippen molar-refractivity contribution >= 4 is 21.8 Å². The highest BCUT2D eigenvalue weighted by Gasteiger charge is 2.22. The molecule has 0 bridgehead atoms. The van der Waals surface area contributed by atoms with Gasteiger partial charge in [0.1, 0.15) is 10.7 Å². The highest BCUT2D eigenvalue weighted by Crippen LogP contribution is 2.16. The van der Waals surface area contributed by atoms with E-state index in [9.17, 15) is 13.2 Å². The Morgan fingerprint density at radius 3 is 2.80 bits per heavy atom. The van der Waals surface area contributed by atoms with E-state index < -0.39 is 21.9 Å². The molecule has 0 saturated carbocycles. The van der Waals surface area contributed by atoms with Crippen molar-refractivity contribution in [3.63, 3.8) is 0 Å². The molecule has 0 aliphatic heterocycles. The number of anilines is 1. The Morgan fingerprint density at radius 1 is 1.55 bits per heavy atom. The summed E-state index contributed by atoms with van der Waals surface area (Å²) in [6.45, 7) is 5.18. The van der Waals surface area contributed by atoms with Crippen LogP contribution in [0.2, 0.25) is 0 Å². The maximum atomic E-state index is 12.1. The van der Waals surface area contributed by atoms with Crippen LogP contribution in [0.25, 0.3) is 0 Å². The smallest absolute Gasteiger partial charge is 0.309 e. The molecule has 1 rings (SSSR count). The molecule has 1 aromatic rings. The number of rotatable bonds is 6. The monoisotopic (exact) mass is 301 g/mol. The van der Waals surface area contributed by atoms with Crippen molar-refractivity contribution in [2.24, 2.45) is 5.92 Å². The predicted octanol–water partition coefficient (Wildman–Crippen LogP) is 0.450. The van der Waals surface area contributed by atoms with Crippen LogP contribution < -0.4 is 10.5 Å². The minimum absolute atomic E-state index is 0.0610. The van der Waals surface area contributed by atoms with Gasteiger partial charge >= 0.3 is 5.97 Å². The summed E-state index contributed by atoms with van der Waals surface area (Å²) in [5.74, 6) is -1.11. The zero-order chi connectivity index (χ0) is 15.3. The first-order valence-corrected chi connectivity index (χ1v) is 7.64. The Hall–Kier alpha value is -1.67. The fourth-order valence-corrected chi connectivity index (χ4v) is 2.74. The van der Waals surface area contributed by atoms with Crippen molar-refractivity contribution < 1.29 is 17.9 Å². The SMILES string of the molecule is CCOC(=O)C(C)CNS(=O)(=O)c1cc(C)cnc1N. The molecule has 3 N–H and O–H groups in total. The molecule has 0 fully saturated rings. The Morgan fingerprint density at radius 2 is 2.20 bits per heavy atom. The van der Waals surface area contributed by atoms with Gasteiger partial charge in [0, 0.05) is 12.7 Å². The quantitative estimate of drug-likeness (QED) is 0.738. The average Bonchev–Trinajstić information content (AvgIpc) is 2.39. The van der Waals surface area contributed by atoms with Crippen LogP contribution in [0.4, 0.5) is 5.82 Å². The van der Waals surface area contributed by atoms with Crippen LogP contribution in [-0.2, 0) is 19.6 Å². The van der Waals surface area contributed by atoms with Gasteiger partial charge in [0.25, 0.3) is 0 Å². The molecular formula is C12H19N3O4S. The first kappa shape index (κ1) is 16.4. The van der Waals surface area contributed by atoms with Crippen LogP contribution >= 0.6 is 0 Å². The summed E-state index contributed by atoms with van der Waals surface area (Å²) < 4.78 is 31.4. The highest BCUT2D eigenvalue weighted by molar-refractivity contribution is 7.89. The van der Waals surface area contributed by atoms with Gasteiger partial charge in [0.15, 0.2) is 0 Å². The number of ether oxygens (including phenoxy) is 1. The van der Waals surface area contributed by atoms with Crippen LogP contribution in [0, 0.1) is 12.8 Å². The molecule has 0 aliphatic rings. The topological polar surface area (TPSA) is 111 Å². The van der Waals surface area contributed by atoms with Crippen molar-refractivity contribution in [1.29, 1.82) is 0 Å². The molecule has 7 nitrogen and oxygen atoms in total. The molecule has 0 aromatic carbocycles. The number of esters is 1. The Balaban J connectivity index is 2.80. The lowest BCUT2D eigenvalue weighted by atomic mass is 10.2. The number of carbonyl (C=O) groups is 1. The fourth-order valence-electron chi connectivity index (χ4n) is 1.45. The van der Waals surface area contributed by atoms with E-state index in [-0.39, 0.29) is 23.9 Å². The van der Waals surface area contributed by atoms with Crippen LogP contribution in [-0.4, -0.2) is 32.5 Å². The van der Waals surface area contributed by atoms with E-state index >= 15 is 0 Å². The van der Waals surface area contributed by atoms with Crippen molar-refractivity contribution in [1.82, 2.24) is 9.71 Å². The molecule has 0 amide bonds. The molecule has 112 valence electrons. The molecule has 1 unspecified atom stereocenters. The molecule has 1 atom stereocenters. The zero-order valence-corrected chi connectivity index (χ0v) is 12.5. The van der Waals surface area contributed by atoms with Gasteiger partial charge in [-0.2, -0.15) is 0 Å². The summed E-state index contributed by atoms with van der Waals surface area (Å²) in [7, 11) is -3.80. The Kier molecular flexibility index (Phi) is 5.46. The standard InChI is InChI=1S/C12H19N3O4S/c1-4-19-12(16)9(3)7-15-20(17,18)10-5-8(2)6-14-11(10)13/h5-6,9,15H,4,7H2,1-3H3,(H2,13,14). The van der Waals surface area contributed by atoms with E-state index in [1.807, 2.05) is 0 Å². The number of nitrogen functional groups attached to an aromatic ring is 1. The molecule has 20 heavy (non-hydrogen) atoms. The van der Waals surface area contributed by atoms with Gasteiger partial charge in [-0.25, -0.2) is 18.1 Å². The van der Waals surface area contributed by atoms with Gasteiger partial charge in [-0.3, -0.25) is 4.79 Å². The first-order valence-electron chi connectivity index (χ1n) is 6.16. The largest absolute Gasteiger partial charge is 0.466 e. The van der Waals surface area contributed by atoms with Gasteiger partial charge in [-0.05, 0) is 25.5 Å². The minimum Gasteiger partial charge on any atom is -0.466 e. The van der Waals surface area contributed by atoms with E-state index in [0.29, 0.717) is 5.56 Å². The molecule has 0 radical (unpaired) electrons. The van der Waals surface area contributed by atoms with E-state index in [1.165, 1.54) is 12.3 Å². The average molecular weight is 301 g/mol. The summed E-state index contributed by atoms with van der Waals surface area (Å²) in [4.78, 5) is 15.1. The lowest BCUT2D eigenvalue weighted by Crippen LogP contribution is -2.33. The van der Waals surface area contributed by atoms with Crippen LogP contribution in [0.1, 0.15) is 19.4 Å². The summed E-state index contributed by atoms with van der Waals surface area (Å²) in [5, 5.41) is 0. The fraction of sp³-hybridized carbons (Fsp3) is 0.500. The van der Waals surface area contributed by atoms with E-state index in [4.69, 9.17) is 10.5 Å². The molecule has 8 heteroatoms. The summed E-state index contributed by atoms with van der Waals surface area (Å²) in [5.41, 5.74) is 6.25. The third-order valence-corrected chi connectivity index (χ3v) is 4.03. The van der Waals surface area contributed by atoms with Crippen LogP contribution in [0.15, 0.2) is 17.2 Å². The Labute approximate surface area is 118 Å². The Bertz CT molecular complexity index is 586. The second-order valence-electron chi connectivity index (χ2n) is 4.40. The summed E-state index contributed by atoms with van der Waals surface area (Å²) >= 11 is 0. The van der Waals surface area contributed by atoms with Gasteiger partial charge in [0.2, 0.25) is 10.0 Å². The normalized spacial score (nSPS) is 12.9. The molecule has 1 aromatic heterocycles. The number of nitrogens with one attached hydrogen (secondary N) is 1. The molecule has 1 heterocycles. The lowest BCUT2D eigenvalue weighted by molar-refractivity contribution is -0.147. The predicted molar refractivity (Wildman–Crippen MR) is 74.4 cm³/mol. The second-order valence-corrected chi connectivity index (χ2v) is 6.14. The second kappa shape index (κ2) is 6.67. The van der Waals surface area contributed by atoms with Crippen molar-refractivity contribution in [3.05, 3.63) is 17.8 Å². The van der Waals surface area contributed by atoms with E-state index in [1.54, 1.807) is 20.8 Å². The zero-order valence-electron chi connectivity index (χ0n) is 11.7. The molecule has 0 aliphatic carbocycles. The number of aromatic nitrogens is 1. The van der Waals surface area contributed by atoms with Gasteiger partial charge < -0.3 is 10.5 Å². The number of carbonyl (C=O) groups excluding carboxylic acids is 1. The number of hydrogen-bond acceptors (Lipinski definition) is 6. The number of sulfonamides is 1. The third kappa shape index (κ3) is 4.17. The first-order chi connectivity index (χ1) is 9.27. The summed E-state index contributed by atoms with van der Waals surface area (Å²) in [6.07, 6.45) is 1.48. The highest BCUT2D eigenvalue weighted by atomic mass is 32.2. The van der Waals surface area contributed by atoms with Gasteiger partial charge in [-0.1, -0.05) is 6.92 Å². The number of nitrogens with two attached hydrogens (primary N) is 1. The van der Waals surface area contributed by atoms with E-state index in [2.05, 4.69) is 9.71 Å². The molecular weight excluding hydrogens is 282 g/mol. The number of nitrogens with zero attached hydrogens (tertiary/aromatic N) is 1. The van der Waals surface area contributed by atoms with Crippen LogP contribution in [0.3, 0.4) is 0 Å². The summed E-state index contributed by atoms with van der Waals surface area (Å²) in [6, 6.07) is 1.43. The number of pyridine rings is 1. The van der Waals surface area contributed by atoms with Crippen molar-refractivity contribution in [2.75, 3.05) is 18.9 Å². The van der Waals surface area contributed by atoms with Crippen molar-refractivity contribution in [2.45, 2.75) is 25.7 Å². The van der Waals surface area contributed by atoms with E-state index in [0.717, 1.165) is 0 Å².